The highest BCUT2D eigenvalue weighted by Gasteiger charge is 2.14. The van der Waals surface area contributed by atoms with E-state index < -0.39 is 6.03 Å². The molecule has 1 aromatic rings. The Morgan fingerprint density at radius 2 is 1.67 bits per heavy atom. The molecule has 0 bridgehead atoms. The van der Waals surface area contributed by atoms with Crippen molar-refractivity contribution in [3.8, 4) is 0 Å². The zero-order chi connectivity index (χ0) is 11.6. The number of primary amides is 1. The van der Waals surface area contributed by atoms with Gasteiger partial charge in [-0.15, -0.1) is 0 Å². The second-order valence-corrected chi connectivity index (χ2v) is 4.69. The first kappa shape index (κ1) is 11.6. The van der Waals surface area contributed by atoms with Crippen molar-refractivity contribution in [1.82, 2.24) is 0 Å². The Morgan fingerprint density at radius 1 is 1.20 bits per heavy atom. The second-order valence-electron chi connectivity index (χ2n) is 4.69. The van der Waals surface area contributed by atoms with Gasteiger partial charge in [0.25, 0.3) is 0 Å². The van der Waals surface area contributed by atoms with E-state index in [4.69, 9.17) is 5.73 Å². The highest BCUT2D eigenvalue weighted by atomic mass is 16.2. The molecule has 2 amide bonds. The summed E-state index contributed by atoms with van der Waals surface area (Å²) in [5.74, 6) is 0. The van der Waals surface area contributed by atoms with Gasteiger partial charge in [-0.05, 0) is 23.1 Å². The minimum absolute atomic E-state index is 0.129. The summed E-state index contributed by atoms with van der Waals surface area (Å²) >= 11 is 0. The Morgan fingerprint density at radius 3 is 2.00 bits per heavy atom. The van der Waals surface area contributed by atoms with Gasteiger partial charge in [-0.1, -0.05) is 32.9 Å². The van der Waals surface area contributed by atoms with Crippen LogP contribution in [0.1, 0.15) is 26.3 Å². The standard InChI is InChI=1S/C12H18N2O/c1-12(2,3)9-5-7-10(8-6-9)14(4)11(13)15/h5-8H,1-4H3,(H2,13,15). The summed E-state index contributed by atoms with van der Waals surface area (Å²) < 4.78 is 0. The van der Waals surface area contributed by atoms with Gasteiger partial charge in [-0.3, -0.25) is 4.90 Å². The van der Waals surface area contributed by atoms with Crippen molar-refractivity contribution in [3.05, 3.63) is 29.8 Å². The Labute approximate surface area is 90.9 Å². The molecule has 3 nitrogen and oxygen atoms in total. The van der Waals surface area contributed by atoms with Crippen LogP contribution in [0.15, 0.2) is 24.3 Å². The van der Waals surface area contributed by atoms with Crippen LogP contribution >= 0.6 is 0 Å². The average molecular weight is 206 g/mol. The van der Waals surface area contributed by atoms with Gasteiger partial charge in [-0.2, -0.15) is 0 Å². The molecule has 1 rings (SSSR count). The van der Waals surface area contributed by atoms with Gasteiger partial charge in [-0.25, -0.2) is 4.79 Å². The summed E-state index contributed by atoms with van der Waals surface area (Å²) in [5.41, 5.74) is 7.36. The van der Waals surface area contributed by atoms with Gasteiger partial charge in [0, 0.05) is 12.7 Å². The summed E-state index contributed by atoms with van der Waals surface area (Å²) in [6.07, 6.45) is 0. The van der Waals surface area contributed by atoms with Crippen molar-refractivity contribution in [2.24, 2.45) is 5.73 Å². The molecular weight excluding hydrogens is 188 g/mol. The van der Waals surface area contributed by atoms with Crippen LogP contribution in [-0.2, 0) is 5.41 Å². The maximum absolute atomic E-state index is 10.9. The van der Waals surface area contributed by atoms with Gasteiger partial charge < -0.3 is 5.73 Å². The lowest BCUT2D eigenvalue weighted by Crippen LogP contribution is -2.31. The fourth-order valence-corrected chi connectivity index (χ4v) is 1.31. The van der Waals surface area contributed by atoms with Gasteiger partial charge >= 0.3 is 6.03 Å². The molecule has 3 heteroatoms. The summed E-state index contributed by atoms with van der Waals surface area (Å²) in [6.45, 7) is 6.46. The van der Waals surface area contributed by atoms with Crippen LogP contribution in [0, 0.1) is 0 Å². The van der Waals surface area contributed by atoms with Crippen LogP contribution < -0.4 is 10.6 Å². The zero-order valence-corrected chi connectivity index (χ0v) is 9.74. The van der Waals surface area contributed by atoms with Crippen LogP contribution in [0.4, 0.5) is 10.5 Å². The first-order chi connectivity index (χ1) is 6.82. The van der Waals surface area contributed by atoms with E-state index in [0.29, 0.717) is 0 Å². The van der Waals surface area contributed by atoms with Crippen LogP contribution in [0.3, 0.4) is 0 Å². The minimum atomic E-state index is -0.446. The quantitative estimate of drug-likeness (QED) is 0.754. The molecule has 0 aliphatic heterocycles. The van der Waals surface area contributed by atoms with E-state index in [9.17, 15) is 4.79 Å². The maximum Gasteiger partial charge on any atom is 0.318 e. The van der Waals surface area contributed by atoms with Crippen molar-refractivity contribution in [3.63, 3.8) is 0 Å². The third-order valence-corrected chi connectivity index (χ3v) is 2.45. The molecule has 0 unspecified atom stereocenters. The Kier molecular flexibility index (Phi) is 3.03. The average Bonchev–Trinajstić information content (AvgIpc) is 2.15. The van der Waals surface area contributed by atoms with Crippen molar-refractivity contribution < 1.29 is 4.79 Å². The van der Waals surface area contributed by atoms with Gasteiger partial charge in [0.05, 0.1) is 0 Å². The molecule has 0 spiro atoms. The summed E-state index contributed by atoms with van der Waals surface area (Å²) in [7, 11) is 1.66. The van der Waals surface area contributed by atoms with Crippen LogP contribution in [0.2, 0.25) is 0 Å². The molecule has 0 fully saturated rings. The SMILES string of the molecule is CN(C(N)=O)c1ccc(C(C)(C)C)cc1. The molecule has 0 aliphatic carbocycles. The van der Waals surface area contributed by atoms with Crippen LogP contribution in [-0.4, -0.2) is 13.1 Å². The molecule has 82 valence electrons. The zero-order valence-electron chi connectivity index (χ0n) is 9.74. The molecule has 2 N–H and O–H groups in total. The molecule has 0 atom stereocenters. The topological polar surface area (TPSA) is 46.3 Å². The van der Waals surface area contributed by atoms with Gasteiger partial charge in [0.2, 0.25) is 0 Å². The lowest BCUT2D eigenvalue weighted by Gasteiger charge is -2.20. The monoisotopic (exact) mass is 206 g/mol. The third-order valence-electron chi connectivity index (χ3n) is 2.45. The first-order valence-electron chi connectivity index (χ1n) is 4.96. The van der Waals surface area contributed by atoms with E-state index in [1.54, 1.807) is 7.05 Å². The molecule has 0 aromatic heterocycles. The number of benzene rings is 1. The van der Waals surface area contributed by atoms with E-state index in [1.165, 1.54) is 10.5 Å². The first-order valence-corrected chi connectivity index (χ1v) is 4.96. The van der Waals surface area contributed by atoms with Crippen molar-refractivity contribution in [2.45, 2.75) is 26.2 Å². The number of carbonyl (C=O) groups is 1. The predicted octanol–water partition coefficient (Wildman–Crippen LogP) is 2.50. The molecule has 0 saturated heterocycles. The third kappa shape index (κ3) is 2.72. The number of nitrogens with zero attached hydrogens (tertiary/aromatic N) is 1. The molecule has 0 heterocycles. The van der Waals surface area contributed by atoms with Crippen LogP contribution in [0.25, 0.3) is 0 Å². The number of anilines is 1. The van der Waals surface area contributed by atoms with E-state index in [2.05, 4.69) is 20.8 Å². The van der Waals surface area contributed by atoms with Crippen molar-refractivity contribution >= 4 is 11.7 Å². The van der Waals surface area contributed by atoms with Gasteiger partial charge in [0.1, 0.15) is 0 Å². The van der Waals surface area contributed by atoms with E-state index in [1.807, 2.05) is 24.3 Å². The molecular formula is C12H18N2O. The number of hydrogen-bond donors (Lipinski definition) is 1. The predicted molar refractivity (Wildman–Crippen MR) is 63.1 cm³/mol. The molecule has 1 aromatic carbocycles. The lowest BCUT2D eigenvalue weighted by molar-refractivity contribution is 0.255. The largest absolute Gasteiger partial charge is 0.351 e. The Balaban J connectivity index is 2.95. The number of amides is 2. The van der Waals surface area contributed by atoms with E-state index >= 15 is 0 Å². The highest BCUT2D eigenvalue weighted by molar-refractivity contribution is 5.89. The number of hydrogen-bond acceptors (Lipinski definition) is 1. The second kappa shape index (κ2) is 3.93. The van der Waals surface area contributed by atoms with Crippen LogP contribution in [0.5, 0.6) is 0 Å². The normalized spacial score (nSPS) is 11.2. The fourth-order valence-electron chi connectivity index (χ4n) is 1.31. The van der Waals surface area contributed by atoms with Crippen molar-refractivity contribution in [1.29, 1.82) is 0 Å². The Hall–Kier alpha value is -1.51. The smallest absolute Gasteiger partial charge is 0.318 e. The Bertz CT molecular complexity index is 349. The molecule has 0 aliphatic rings. The number of rotatable bonds is 1. The van der Waals surface area contributed by atoms with E-state index in [-0.39, 0.29) is 5.41 Å². The molecule has 0 saturated carbocycles. The summed E-state index contributed by atoms with van der Waals surface area (Å²) in [5, 5.41) is 0. The minimum Gasteiger partial charge on any atom is -0.351 e. The van der Waals surface area contributed by atoms with Gasteiger partial charge in [0.15, 0.2) is 0 Å². The lowest BCUT2D eigenvalue weighted by atomic mass is 9.87. The summed E-state index contributed by atoms with van der Waals surface area (Å²) in [4.78, 5) is 12.4. The molecule has 15 heavy (non-hydrogen) atoms. The number of nitrogens with two attached hydrogens (primary N) is 1. The van der Waals surface area contributed by atoms with E-state index in [0.717, 1.165) is 5.69 Å². The van der Waals surface area contributed by atoms with Crippen molar-refractivity contribution in [2.75, 3.05) is 11.9 Å². The maximum atomic E-state index is 10.9. The highest BCUT2D eigenvalue weighted by Crippen LogP contribution is 2.24. The summed E-state index contributed by atoms with van der Waals surface area (Å²) in [6, 6.07) is 7.42. The number of carbonyl (C=O) groups excluding carboxylic acids is 1. The fraction of sp³-hybridized carbons (Fsp3) is 0.417. The molecule has 0 radical (unpaired) electrons. The number of urea groups is 1.